The number of nitrogens with zero attached hydrogens (tertiary/aromatic N) is 2. The highest BCUT2D eigenvalue weighted by molar-refractivity contribution is 8.01. The van der Waals surface area contributed by atoms with Crippen LogP contribution in [-0.2, 0) is 54.6 Å². The standard InChI is InChI=1S/C33H36N4O11S2/c1-32(2)24(29(41)46-16-18-11-7-5-8-12-18)37-27(40)23(28(37)49-32)34-26(39)22(19-13-9-6-10-14-19)35-31(43)48-17-47-30(42)25-33(3,4)50(44,45)21-15-20(38)36(21)25/h5-14,21-25,28H,15-17H2,1-4H3,(H,34,39)(H,35,43)/t21-,22?,23-,24+,25+,28-/m1/s1. The van der Waals surface area contributed by atoms with Crippen molar-refractivity contribution in [3.05, 3.63) is 71.8 Å². The lowest BCUT2D eigenvalue weighted by atomic mass is 9.95. The maximum absolute atomic E-state index is 13.6. The summed E-state index contributed by atoms with van der Waals surface area (Å²) in [6, 6.07) is 12.6. The zero-order valence-corrected chi connectivity index (χ0v) is 29.2. The Hall–Kier alpha value is -4.64. The van der Waals surface area contributed by atoms with E-state index in [9.17, 15) is 37.2 Å². The fourth-order valence-corrected chi connectivity index (χ4v) is 10.4. The van der Waals surface area contributed by atoms with E-state index in [4.69, 9.17) is 14.2 Å². The van der Waals surface area contributed by atoms with Crippen molar-refractivity contribution in [2.45, 2.75) is 85.1 Å². The number of β-lactam (4-membered cyclic amide) rings is 2. The van der Waals surface area contributed by atoms with Crippen molar-refractivity contribution in [3.8, 4) is 0 Å². The number of ether oxygens (including phenoxy) is 3. The molecule has 4 saturated heterocycles. The van der Waals surface area contributed by atoms with Crippen LogP contribution < -0.4 is 10.6 Å². The summed E-state index contributed by atoms with van der Waals surface area (Å²) in [5, 5.41) is 3.42. The number of hydrogen-bond acceptors (Lipinski definition) is 12. The number of esters is 2. The van der Waals surface area contributed by atoms with Gasteiger partial charge in [-0.3, -0.25) is 14.4 Å². The van der Waals surface area contributed by atoms with Crippen LogP contribution in [-0.4, -0.2) is 99.1 Å². The third-order valence-electron chi connectivity index (χ3n) is 9.43. The van der Waals surface area contributed by atoms with E-state index in [0.29, 0.717) is 5.56 Å². The molecule has 0 spiro atoms. The molecule has 0 bridgehead atoms. The van der Waals surface area contributed by atoms with E-state index < -0.39 is 96.8 Å². The van der Waals surface area contributed by atoms with E-state index in [2.05, 4.69) is 10.6 Å². The van der Waals surface area contributed by atoms with Crippen molar-refractivity contribution >= 4 is 57.4 Å². The van der Waals surface area contributed by atoms with Gasteiger partial charge in [-0.15, -0.1) is 11.8 Å². The van der Waals surface area contributed by atoms with Crippen LogP contribution in [0.1, 0.15) is 51.3 Å². The SMILES string of the molecule is CC1(C)S[C@@H]2[C@H](NC(=O)C(NC(=O)OCOC(=O)[C@@H]3N4C(=O)C[C@H]4S(=O)(=O)C3(C)C)c3ccccc3)C(=O)N2[C@H]1C(=O)OCc1ccccc1. The van der Waals surface area contributed by atoms with Gasteiger partial charge in [-0.2, -0.15) is 0 Å². The molecule has 0 saturated carbocycles. The second-order valence-corrected chi connectivity index (χ2v) is 17.8. The molecule has 0 radical (unpaired) electrons. The lowest BCUT2D eigenvalue weighted by molar-refractivity contribution is -0.167. The third-order valence-corrected chi connectivity index (χ3v) is 13.8. The maximum Gasteiger partial charge on any atom is 0.410 e. The Balaban J connectivity index is 1.07. The first-order valence-corrected chi connectivity index (χ1v) is 18.2. The Morgan fingerprint density at radius 2 is 1.50 bits per heavy atom. The number of carbonyl (C=O) groups is 6. The zero-order valence-electron chi connectivity index (χ0n) is 27.6. The Morgan fingerprint density at radius 1 is 0.880 bits per heavy atom. The predicted octanol–water partition coefficient (Wildman–Crippen LogP) is 1.38. The molecule has 15 nitrogen and oxygen atoms in total. The van der Waals surface area contributed by atoms with Crippen LogP contribution in [0.3, 0.4) is 0 Å². The van der Waals surface area contributed by atoms with Gasteiger partial charge >= 0.3 is 18.0 Å². The van der Waals surface area contributed by atoms with Gasteiger partial charge in [-0.25, -0.2) is 22.8 Å². The van der Waals surface area contributed by atoms with Crippen LogP contribution in [0.5, 0.6) is 0 Å². The van der Waals surface area contributed by atoms with Crippen molar-refractivity contribution < 1.29 is 51.4 Å². The summed E-state index contributed by atoms with van der Waals surface area (Å²) in [5.41, 5.74) is 1.15. The first-order chi connectivity index (χ1) is 23.6. The molecule has 4 heterocycles. The van der Waals surface area contributed by atoms with Crippen molar-refractivity contribution in [2.24, 2.45) is 0 Å². The fourth-order valence-electron chi connectivity index (χ4n) is 6.71. The Labute approximate surface area is 292 Å². The molecular weight excluding hydrogens is 693 g/mol. The predicted molar refractivity (Wildman–Crippen MR) is 176 cm³/mol. The monoisotopic (exact) mass is 728 g/mol. The van der Waals surface area contributed by atoms with Crippen LogP contribution in [0.25, 0.3) is 0 Å². The van der Waals surface area contributed by atoms with E-state index in [1.165, 1.54) is 30.5 Å². The van der Waals surface area contributed by atoms with Gasteiger partial charge in [0.05, 0.1) is 11.2 Å². The van der Waals surface area contributed by atoms with Crippen LogP contribution >= 0.6 is 11.8 Å². The Bertz CT molecular complexity index is 1840. The molecule has 4 amide bonds. The van der Waals surface area contributed by atoms with Crippen LogP contribution in [0, 0.1) is 0 Å². The highest BCUT2D eigenvalue weighted by Crippen LogP contribution is 2.51. The summed E-state index contributed by atoms with van der Waals surface area (Å²) in [6.45, 7) is 5.40. The van der Waals surface area contributed by atoms with Gasteiger partial charge < -0.3 is 34.6 Å². The summed E-state index contributed by atoms with van der Waals surface area (Å²) >= 11 is 1.35. The van der Waals surface area contributed by atoms with Gasteiger partial charge in [0, 0.05) is 4.75 Å². The first kappa shape index (κ1) is 35.2. The van der Waals surface area contributed by atoms with Crippen LogP contribution in [0.4, 0.5) is 4.79 Å². The molecule has 4 aliphatic rings. The Kier molecular flexibility index (Phi) is 9.09. The number of sulfone groups is 1. The fraction of sp³-hybridized carbons (Fsp3) is 0.455. The minimum atomic E-state index is -3.85. The molecule has 4 aliphatic heterocycles. The number of nitrogens with one attached hydrogen (secondary N) is 2. The van der Waals surface area contributed by atoms with E-state index in [0.717, 1.165) is 10.5 Å². The molecular formula is C33H36N4O11S2. The summed E-state index contributed by atoms with van der Waals surface area (Å²) in [7, 11) is -3.85. The van der Waals surface area contributed by atoms with Crippen molar-refractivity contribution in [2.75, 3.05) is 6.79 Å². The molecule has 6 atom stereocenters. The van der Waals surface area contributed by atoms with Gasteiger partial charge in [0.25, 0.3) is 0 Å². The molecule has 1 unspecified atom stereocenters. The van der Waals surface area contributed by atoms with Gasteiger partial charge in [0.1, 0.15) is 41.5 Å². The molecule has 2 aromatic rings. The number of hydrogen-bond donors (Lipinski definition) is 2. The molecule has 0 aromatic heterocycles. The minimum absolute atomic E-state index is 0.0442. The number of thioether (sulfide) groups is 1. The summed E-state index contributed by atoms with van der Waals surface area (Å²) < 4.78 is 38.8. The highest BCUT2D eigenvalue weighted by Gasteiger charge is 2.68. The second-order valence-electron chi connectivity index (χ2n) is 13.4. The van der Waals surface area contributed by atoms with Gasteiger partial charge in [0.2, 0.25) is 24.5 Å². The van der Waals surface area contributed by atoms with Crippen molar-refractivity contribution in [3.63, 3.8) is 0 Å². The van der Waals surface area contributed by atoms with Crippen LogP contribution in [0.2, 0.25) is 0 Å². The number of alkyl carbamates (subject to hydrolysis) is 1. The summed E-state index contributed by atoms with van der Waals surface area (Å²) in [4.78, 5) is 80.4. The van der Waals surface area contributed by atoms with Crippen molar-refractivity contribution in [1.82, 2.24) is 20.4 Å². The van der Waals surface area contributed by atoms with Crippen LogP contribution in [0.15, 0.2) is 60.7 Å². The van der Waals surface area contributed by atoms with Gasteiger partial charge in [-0.05, 0) is 38.8 Å². The molecule has 6 rings (SSSR count). The molecule has 266 valence electrons. The number of amides is 4. The smallest absolute Gasteiger partial charge is 0.410 e. The molecule has 17 heteroatoms. The number of carbonyl (C=O) groups excluding carboxylic acids is 6. The molecule has 2 N–H and O–H groups in total. The van der Waals surface area contributed by atoms with E-state index in [-0.39, 0.29) is 13.0 Å². The third kappa shape index (κ3) is 5.95. The quantitative estimate of drug-likeness (QED) is 0.203. The van der Waals surface area contributed by atoms with E-state index in [1.54, 1.807) is 30.3 Å². The average Bonchev–Trinajstić information content (AvgIpc) is 3.40. The number of rotatable bonds is 10. The first-order valence-electron chi connectivity index (χ1n) is 15.8. The molecule has 2 aromatic carbocycles. The normalized spacial score (nSPS) is 27.1. The molecule has 4 fully saturated rings. The minimum Gasteiger partial charge on any atom is -0.459 e. The molecule has 0 aliphatic carbocycles. The van der Waals surface area contributed by atoms with Gasteiger partial charge in [0.15, 0.2) is 9.84 Å². The summed E-state index contributed by atoms with van der Waals surface area (Å²) in [5.74, 6) is -3.35. The zero-order chi connectivity index (χ0) is 36.2. The lowest BCUT2D eigenvalue weighted by Gasteiger charge is -2.44. The number of benzene rings is 2. The molecule has 50 heavy (non-hydrogen) atoms. The number of fused-ring (bicyclic) bond motifs is 2. The average molecular weight is 729 g/mol. The van der Waals surface area contributed by atoms with Gasteiger partial charge in [-0.1, -0.05) is 60.7 Å². The maximum atomic E-state index is 13.6. The highest BCUT2D eigenvalue weighted by atomic mass is 32.2. The van der Waals surface area contributed by atoms with E-state index in [1.807, 2.05) is 44.2 Å². The Morgan fingerprint density at radius 3 is 2.14 bits per heavy atom. The largest absolute Gasteiger partial charge is 0.459 e. The topological polar surface area (TPSA) is 195 Å². The second kappa shape index (κ2) is 12.9. The summed E-state index contributed by atoms with van der Waals surface area (Å²) in [6.07, 6.45) is -1.38. The lowest BCUT2D eigenvalue weighted by Crippen LogP contribution is -2.71. The van der Waals surface area contributed by atoms with Crippen molar-refractivity contribution in [1.29, 1.82) is 0 Å². The van der Waals surface area contributed by atoms with E-state index >= 15 is 0 Å².